The Balaban J connectivity index is 1.90. The highest BCUT2D eigenvalue weighted by Gasteiger charge is 2.20. The van der Waals surface area contributed by atoms with Crippen molar-refractivity contribution in [2.24, 2.45) is 0 Å². The first-order valence-corrected chi connectivity index (χ1v) is 6.86. The van der Waals surface area contributed by atoms with E-state index in [4.69, 9.17) is 4.74 Å². The molecule has 0 amide bonds. The number of rotatable bonds is 6. The fourth-order valence-electron chi connectivity index (χ4n) is 2.58. The number of nitrogens with one attached hydrogen (secondary N) is 1. The van der Waals surface area contributed by atoms with Crippen LogP contribution >= 0.6 is 0 Å². The summed E-state index contributed by atoms with van der Waals surface area (Å²) in [4.78, 5) is 2.37. The van der Waals surface area contributed by atoms with E-state index in [-0.39, 0.29) is 0 Å². The lowest BCUT2D eigenvalue weighted by atomic mass is 9.90. The lowest BCUT2D eigenvalue weighted by Crippen LogP contribution is -2.36. The second-order valence-corrected chi connectivity index (χ2v) is 4.99. The summed E-state index contributed by atoms with van der Waals surface area (Å²) in [5.41, 5.74) is 2.96. The molecule has 1 aliphatic heterocycles. The van der Waals surface area contributed by atoms with Gasteiger partial charge in [0.1, 0.15) is 0 Å². The van der Waals surface area contributed by atoms with Crippen molar-refractivity contribution in [1.29, 1.82) is 0 Å². The van der Waals surface area contributed by atoms with E-state index >= 15 is 0 Å². The van der Waals surface area contributed by atoms with E-state index in [1.165, 1.54) is 11.1 Å². The molecule has 0 radical (unpaired) electrons. The lowest BCUT2D eigenvalue weighted by molar-refractivity contribution is 0.120. The smallest absolute Gasteiger partial charge is 0.0593 e. The molecule has 2 rings (SSSR count). The van der Waals surface area contributed by atoms with Gasteiger partial charge in [0.25, 0.3) is 0 Å². The molecule has 0 fully saturated rings. The minimum absolute atomic E-state index is 0.599. The van der Waals surface area contributed by atoms with Gasteiger partial charge >= 0.3 is 0 Å². The van der Waals surface area contributed by atoms with Crippen molar-refractivity contribution < 1.29 is 4.74 Å². The Morgan fingerprint density at radius 2 is 2.22 bits per heavy atom. The molecular weight excluding hydrogens is 224 g/mol. The third kappa shape index (κ3) is 3.55. The summed E-state index contributed by atoms with van der Waals surface area (Å²) in [5, 5.41) is 3.51. The van der Waals surface area contributed by atoms with Crippen LogP contribution < -0.4 is 5.32 Å². The van der Waals surface area contributed by atoms with Gasteiger partial charge in [0, 0.05) is 38.7 Å². The van der Waals surface area contributed by atoms with Crippen LogP contribution in [0, 0.1) is 0 Å². The van der Waals surface area contributed by atoms with E-state index in [1.54, 1.807) is 0 Å². The topological polar surface area (TPSA) is 24.5 Å². The Labute approximate surface area is 110 Å². The quantitative estimate of drug-likeness (QED) is 0.778. The average molecular weight is 248 g/mol. The zero-order chi connectivity index (χ0) is 12.8. The number of ether oxygens (including phenoxy) is 1. The van der Waals surface area contributed by atoms with Gasteiger partial charge < -0.3 is 15.0 Å². The maximum Gasteiger partial charge on any atom is 0.0593 e. The van der Waals surface area contributed by atoms with Crippen LogP contribution in [-0.4, -0.2) is 44.8 Å². The van der Waals surface area contributed by atoms with Crippen LogP contribution in [0.5, 0.6) is 0 Å². The fourth-order valence-corrected chi connectivity index (χ4v) is 2.58. The maximum atomic E-state index is 5.41. The highest BCUT2D eigenvalue weighted by atomic mass is 16.5. The summed E-state index contributed by atoms with van der Waals surface area (Å²) in [6.07, 6.45) is 0. The molecule has 3 nitrogen and oxygen atoms in total. The predicted octanol–water partition coefficient (Wildman–Crippen LogP) is 1.84. The first-order valence-electron chi connectivity index (χ1n) is 6.86. The molecular formula is C15H24N2O. The molecule has 1 heterocycles. The van der Waals surface area contributed by atoms with Crippen molar-refractivity contribution in [1.82, 2.24) is 10.2 Å². The van der Waals surface area contributed by atoms with E-state index < -0.39 is 0 Å². The monoisotopic (exact) mass is 248 g/mol. The summed E-state index contributed by atoms with van der Waals surface area (Å²) in [6, 6.07) is 8.78. The predicted molar refractivity (Wildman–Crippen MR) is 74.9 cm³/mol. The van der Waals surface area contributed by atoms with Crippen molar-refractivity contribution >= 4 is 0 Å². The summed E-state index contributed by atoms with van der Waals surface area (Å²) in [7, 11) is 2.18. The number of fused-ring (bicyclic) bond motifs is 1. The Morgan fingerprint density at radius 3 is 3.06 bits per heavy atom. The SMILES string of the molecule is CCOCCN(C)CC1CNCc2ccccc21. The molecule has 1 atom stereocenters. The first-order chi connectivity index (χ1) is 8.81. The standard InChI is InChI=1S/C15H24N2O/c1-3-18-9-8-17(2)12-14-11-16-10-13-6-4-5-7-15(13)14/h4-7,14,16H,3,8-12H2,1-2H3. The molecule has 0 spiro atoms. The molecule has 18 heavy (non-hydrogen) atoms. The van der Waals surface area contributed by atoms with Crippen molar-refractivity contribution in [3.63, 3.8) is 0 Å². The van der Waals surface area contributed by atoms with E-state index in [2.05, 4.69) is 41.5 Å². The largest absolute Gasteiger partial charge is 0.380 e. The van der Waals surface area contributed by atoms with Crippen LogP contribution in [0.15, 0.2) is 24.3 Å². The molecule has 100 valence electrons. The van der Waals surface area contributed by atoms with Gasteiger partial charge in [-0.05, 0) is 25.1 Å². The minimum Gasteiger partial charge on any atom is -0.380 e. The van der Waals surface area contributed by atoms with Gasteiger partial charge in [0.2, 0.25) is 0 Å². The number of hydrogen-bond acceptors (Lipinski definition) is 3. The Kier molecular flexibility index (Phi) is 5.17. The van der Waals surface area contributed by atoms with Crippen molar-refractivity contribution in [2.45, 2.75) is 19.4 Å². The van der Waals surface area contributed by atoms with E-state index in [1.807, 2.05) is 6.92 Å². The molecule has 0 saturated heterocycles. The van der Waals surface area contributed by atoms with Gasteiger partial charge in [-0.2, -0.15) is 0 Å². The van der Waals surface area contributed by atoms with Crippen LogP contribution in [0.2, 0.25) is 0 Å². The van der Waals surface area contributed by atoms with Gasteiger partial charge in [-0.15, -0.1) is 0 Å². The third-order valence-electron chi connectivity index (χ3n) is 3.55. The highest BCUT2D eigenvalue weighted by molar-refractivity contribution is 5.32. The van der Waals surface area contributed by atoms with Gasteiger partial charge in [-0.1, -0.05) is 24.3 Å². The molecule has 1 aliphatic rings. The van der Waals surface area contributed by atoms with Crippen LogP contribution in [-0.2, 0) is 11.3 Å². The van der Waals surface area contributed by atoms with Crippen molar-refractivity contribution in [2.75, 3.05) is 39.9 Å². The number of nitrogens with zero attached hydrogens (tertiary/aromatic N) is 1. The second kappa shape index (κ2) is 6.88. The molecule has 1 aromatic carbocycles. The molecule has 0 aliphatic carbocycles. The number of likely N-dealkylation sites (N-methyl/N-ethyl adjacent to an activating group) is 1. The average Bonchev–Trinajstić information content (AvgIpc) is 2.39. The zero-order valence-corrected chi connectivity index (χ0v) is 11.5. The van der Waals surface area contributed by atoms with Crippen molar-refractivity contribution in [3.8, 4) is 0 Å². The molecule has 0 bridgehead atoms. The van der Waals surface area contributed by atoms with Crippen LogP contribution in [0.25, 0.3) is 0 Å². The number of hydrogen-bond donors (Lipinski definition) is 1. The normalized spacial score (nSPS) is 18.9. The highest BCUT2D eigenvalue weighted by Crippen LogP contribution is 2.24. The molecule has 1 N–H and O–H groups in total. The van der Waals surface area contributed by atoms with Gasteiger partial charge in [-0.25, -0.2) is 0 Å². The Hall–Kier alpha value is -0.900. The van der Waals surface area contributed by atoms with Crippen LogP contribution in [0.4, 0.5) is 0 Å². The summed E-state index contributed by atoms with van der Waals surface area (Å²) in [5.74, 6) is 0.599. The van der Waals surface area contributed by atoms with E-state index in [0.717, 1.165) is 39.4 Å². The molecule has 3 heteroatoms. The van der Waals surface area contributed by atoms with Crippen LogP contribution in [0.1, 0.15) is 24.0 Å². The minimum atomic E-state index is 0.599. The summed E-state index contributed by atoms with van der Waals surface area (Å²) >= 11 is 0. The Morgan fingerprint density at radius 1 is 1.39 bits per heavy atom. The van der Waals surface area contributed by atoms with E-state index in [9.17, 15) is 0 Å². The Bertz CT molecular complexity index is 367. The fraction of sp³-hybridized carbons (Fsp3) is 0.600. The molecule has 0 saturated carbocycles. The van der Waals surface area contributed by atoms with E-state index in [0.29, 0.717) is 5.92 Å². The van der Waals surface area contributed by atoms with Gasteiger partial charge in [0.05, 0.1) is 6.61 Å². The van der Waals surface area contributed by atoms with Crippen LogP contribution in [0.3, 0.4) is 0 Å². The molecule has 0 aromatic heterocycles. The lowest BCUT2D eigenvalue weighted by Gasteiger charge is -2.30. The zero-order valence-electron chi connectivity index (χ0n) is 11.5. The van der Waals surface area contributed by atoms with Gasteiger partial charge in [0.15, 0.2) is 0 Å². The maximum absolute atomic E-state index is 5.41. The van der Waals surface area contributed by atoms with Gasteiger partial charge in [-0.3, -0.25) is 0 Å². The molecule has 1 unspecified atom stereocenters. The first kappa shape index (κ1) is 13.5. The second-order valence-electron chi connectivity index (χ2n) is 4.99. The summed E-state index contributed by atoms with van der Waals surface area (Å²) < 4.78 is 5.41. The summed E-state index contributed by atoms with van der Waals surface area (Å²) in [6.45, 7) is 7.87. The number of benzene rings is 1. The van der Waals surface area contributed by atoms with Crippen molar-refractivity contribution in [3.05, 3.63) is 35.4 Å². The third-order valence-corrected chi connectivity index (χ3v) is 3.55. The molecule has 1 aromatic rings.